The number of unbranched alkanes of at least 4 members (excludes halogenated alkanes) is 33. The highest BCUT2D eigenvalue weighted by Gasteiger charge is 2.19. The van der Waals surface area contributed by atoms with Crippen LogP contribution in [0.4, 0.5) is 0 Å². The molecule has 1 unspecified atom stereocenters. The zero-order valence-corrected chi connectivity index (χ0v) is 47.7. The number of esters is 3. The van der Waals surface area contributed by atoms with Crippen LogP contribution in [0, 0.1) is 0 Å². The summed E-state index contributed by atoms with van der Waals surface area (Å²) in [4.78, 5) is 38.0. The molecule has 0 aliphatic heterocycles. The maximum atomic E-state index is 12.8. The summed E-state index contributed by atoms with van der Waals surface area (Å²) in [7, 11) is 0. The molecule has 416 valence electrons. The Balaban J connectivity index is 4.17. The lowest BCUT2D eigenvalue weighted by molar-refractivity contribution is -0.167. The second kappa shape index (κ2) is 60.4. The SMILES string of the molecule is CC/C=C\C/C=C\C/C=C\C/C=C\C/C=C\C/C=C\CCCCC(=O)OC(COC(=O)CCCCCCCCC)COC(=O)CCCCCCCCCCCCCCCCCCCCCCCCCCCC. The lowest BCUT2D eigenvalue weighted by Gasteiger charge is -2.18. The summed E-state index contributed by atoms with van der Waals surface area (Å²) in [5, 5.41) is 0. The molecule has 0 aromatic rings. The molecule has 72 heavy (non-hydrogen) atoms. The number of rotatable bonds is 56. The highest BCUT2D eigenvalue weighted by molar-refractivity contribution is 5.71. The van der Waals surface area contributed by atoms with Crippen LogP contribution in [0.3, 0.4) is 0 Å². The zero-order chi connectivity index (χ0) is 52.2. The van der Waals surface area contributed by atoms with E-state index in [0.717, 1.165) is 89.9 Å². The first kappa shape index (κ1) is 68.8. The quantitative estimate of drug-likeness (QED) is 0.0261. The van der Waals surface area contributed by atoms with Crippen molar-refractivity contribution in [1.29, 1.82) is 0 Å². The molecule has 0 heterocycles. The van der Waals surface area contributed by atoms with E-state index >= 15 is 0 Å². The smallest absolute Gasteiger partial charge is 0.306 e. The van der Waals surface area contributed by atoms with Gasteiger partial charge in [-0.2, -0.15) is 0 Å². The van der Waals surface area contributed by atoms with Crippen molar-refractivity contribution >= 4 is 17.9 Å². The number of hydrogen-bond donors (Lipinski definition) is 0. The molecule has 0 amide bonds. The van der Waals surface area contributed by atoms with E-state index in [0.29, 0.717) is 19.3 Å². The first-order chi connectivity index (χ1) is 35.5. The van der Waals surface area contributed by atoms with Crippen molar-refractivity contribution in [3.8, 4) is 0 Å². The maximum Gasteiger partial charge on any atom is 0.306 e. The van der Waals surface area contributed by atoms with Crippen LogP contribution in [0.5, 0.6) is 0 Å². The average Bonchev–Trinajstić information content (AvgIpc) is 3.38. The van der Waals surface area contributed by atoms with Crippen LogP contribution in [-0.4, -0.2) is 37.2 Å². The lowest BCUT2D eigenvalue weighted by Crippen LogP contribution is -2.30. The monoisotopic (exact) mass is 1000 g/mol. The van der Waals surface area contributed by atoms with E-state index in [2.05, 4.69) is 93.7 Å². The summed E-state index contributed by atoms with van der Waals surface area (Å²) in [5.74, 6) is -0.929. The van der Waals surface area contributed by atoms with E-state index in [1.54, 1.807) is 0 Å². The maximum absolute atomic E-state index is 12.8. The average molecular weight is 1010 g/mol. The van der Waals surface area contributed by atoms with Crippen molar-refractivity contribution in [1.82, 2.24) is 0 Å². The third-order valence-electron chi connectivity index (χ3n) is 13.5. The van der Waals surface area contributed by atoms with Gasteiger partial charge in [0, 0.05) is 19.3 Å². The molecule has 0 aliphatic rings. The standard InChI is InChI=1S/C66H116O6/c1-4-7-10-13-16-18-20-22-24-26-28-30-31-32-33-34-36-37-39-41-43-45-47-50-53-56-59-65(68)71-62-63(61-70-64(67)58-55-52-49-15-12-9-6-3)72-66(69)60-57-54-51-48-46-44-42-40-38-35-29-27-25-23-21-19-17-14-11-8-5-2/h8,11,17,19,23,25,29,35,40,42,46,48,63H,4-7,9-10,12-16,18,20-22,24,26-28,30-34,36-39,41,43-45,47,49-62H2,1-3H3/b11-8-,19-17-,25-23-,35-29-,42-40-,48-46-. The van der Waals surface area contributed by atoms with Crippen LogP contribution in [-0.2, 0) is 28.6 Å². The van der Waals surface area contributed by atoms with Crippen molar-refractivity contribution in [3.63, 3.8) is 0 Å². The molecule has 0 bridgehead atoms. The Bertz CT molecular complexity index is 1340. The van der Waals surface area contributed by atoms with Gasteiger partial charge in [-0.05, 0) is 70.6 Å². The second-order valence-electron chi connectivity index (χ2n) is 20.6. The molecule has 0 saturated heterocycles. The van der Waals surface area contributed by atoms with Gasteiger partial charge in [0.1, 0.15) is 13.2 Å². The Morgan fingerprint density at radius 1 is 0.292 bits per heavy atom. The minimum absolute atomic E-state index is 0.0900. The Labute approximate surface area is 446 Å². The van der Waals surface area contributed by atoms with Gasteiger partial charge in [-0.25, -0.2) is 0 Å². The molecule has 0 aliphatic carbocycles. The molecular weight excluding hydrogens is 889 g/mol. The van der Waals surface area contributed by atoms with Gasteiger partial charge in [-0.1, -0.05) is 293 Å². The minimum atomic E-state index is -0.795. The number of hydrogen-bond acceptors (Lipinski definition) is 6. The number of carbonyl (C=O) groups is 3. The van der Waals surface area contributed by atoms with Gasteiger partial charge < -0.3 is 14.2 Å². The molecule has 0 radical (unpaired) electrons. The predicted molar refractivity (Wildman–Crippen MR) is 311 cm³/mol. The first-order valence-corrected chi connectivity index (χ1v) is 30.9. The molecule has 0 N–H and O–H groups in total. The molecule has 0 fully saturated rings. The van der Waals surface area contributed by atoms with Crippen molar-refractivity contribution in [2.24, 2.45) is 0 Å². The van der Waals surface area contributed by atoms with Crippen molar-refractivity contribution in [3.05, 3.63) is 72.9 Å². The Kier molecular flexibility index (Phi) is 57.8. The van der Waals surface area contributed by atoms with E-state index in [4.69, 9.17) is 14.2 Å². The fourth-order valence-electron chi connectivity index (χ4n) is 8.86. The molecule has 0 saturated carbocycles. The highest BCUT2D eigenvalue weighted by Crippen LogP contribution is 2.17. The molecule has 0 rings (SSSR count). The van der Waals surface area contributed by atoms with Crippen LogP contribution in [0.1, 0.15) is 310 Å². The summed E-state index contributed by atoms with van der Waals surface area (Å²) in [6, 6.07) is 0. The van der Waals surface area contributed by atoms with E-state index in [-0.39, 0.29) is 37.5 Å². The van der Waals surface area contributed by atoms with E-state index in [1.807, 2.05) is 0 Å². The highest BCUT2D eigenvalue weighted by atomic mass is 16.6. The molecule has 0 spiro atoms. The first-order valence-electron chi connectivity index (χ1n) is 30.9. The predicted octanol–water partition coefficient (Wildman–Crippen LogP) is 20.9. The summed E-state index contributed by atoms with van der Waals surface area (Å²) >= 11 is 0. The summed E-state index contributed by atoms with van der Waals surface area (Å²) in [5.41, 5.74) is 0. The van der Waals surface area contributed by atoms with Crippen LogP contribution in [0.2, 0.25) is 0 Å². The Morgan fingerprint density at radius 2 is 0.542 bits per heavy atom. The van der Waals surface area contributed by atoms with E-state index in [1.165, 1.54) is 173 Å². The molecule has 0 aromatic heterocycles. The van der Waals surface area contributed by atoms with E-state index in [9.17, 15) is 14.4 Å². The van der Waals surface area contributed by atoms with Crippen LogP contribution >= 0.6 is 0 Å². The van der Waals surface area contributed by atoms with E-state index < -0.39 is 6.10 Å². The summed E-state index contributed by atoms with van der Waals surface area (Å²) in [6.07, 6.45) is 78.0. The lowest BCUT2D eigenvalue weighted by atomic mass is 10.0. The molecular formula is C66H116O6. The molecule has 6 nitrogen and oxygen atoms in total. The van der Waals surface area contributed by atoms with Crippen LogP contribution in [0.25, 0.3) is 0 Å². The van der Waals surface area contributed by atoms with Gasteiger partial charge in [-0.3, -0.25) is 14.4 Å². The Hall–Kier alpha value is -3.15. The van der Waals surface area contributed by atoms with Gasteiger partial charge in [-0.15, -0.1) is 0 Å². The largest absolute Gasteiger partial charge is 0.462 e. The van der Waals surface area contributed by atoms with Crippen LogP contribution < -0.4 is 0 Å². The van der Waals surface area contributed by atoms with Gasteiger partial charge in [0.2, 0.25) is 0 Å². The zero-order valence-electron chi connectivity index (χ0n) is 47.7. The Morgan fingerprint density at radius 3 is 0.847 bits per heavy atom. The van der Waals surface area contributed by atoms with Crippen molar-refractivity contribution in [2.75, 3.05) is 13.2 Å². The summed E-state index contributed by atoms with van der Waals surface area (Å²) < 4.78 is 16.8. The van der Waals surface area contributed by atoms with Crippen LogP contribution in [0.15, 0.2) is 72.9 Å². The topological polar surface area (TPSA) is 78.9 Å². The molecule has 0 aromatic carbocycles. The third kappa shape index (κ3) is 57.7. The van der Waals surface area contributed by atoms with Gasteiger partial charge in [0.05, 0.1) is 0 Å². The summed E-state index contributed by atoms with van der Waals surface area (Å²) in [6.45, 7) is 6.48. The minimum Gasteiger partial charge on any atom is -0.462 e. The number of allylic oxidation sites excluding steroid dienone is 12. The molecule has 6 heteroatoms. The number of ether oxygens (including phenoxy) is 3. The van der Waals surface area contributed by atoms with Gasteiger partial charge >= 0.3 is 17.9 Å². The fourth-order valence-corrected chi connectivity index (χ4v) is 8.86. The van der Waals surface area contributed by atoms with Gasteiger partial charge in [0.15, 0.2) is 6.10 Å². The van der Waals surface area contributed by atoms with Crippen molar-refractivity contribution < 1.29 is 28.6 Å². The second-order valence-corrected chi connectivity index (χ2v) is 20.6. The third-order valence-corrected chi connectivity index (χ3v) is 13.5. The number of carbonyl (C=O) groups excluding carboxylic acids is 3. The molecule has 1 atom stereocenters. The normalized spacial score (nSPS) is 12.5. The van der Waals surface area contributed by atoms with Crippen molar-refractivity contribution in [2.45, 2.75) is 316 Å². The van der Waals surface area contributed by atoms with Gasteiger partial charge in [0.25, 0.3) is 0 Å². The fraction of sp³-hybridized carbons (Fsp3) is 0.773.